The minimum Gasteiger partial charge on any atom is -0.317 e. The first-order valence-corrected chi connectivity index (χ1v) is 6.51. The second kappa shape index (κ2) is 4.86. The molecule has 90 valence electrons. The van der Waals surface area contributed by atoms with Crippen molar-refractivity contribution < 1.29 is 0 Å². The van der Waals surface area contributed by atoms with E-state index < -0.39 is 0 Å². The molecule has 1 N–H and O–H groups in total. The molecule has 0 aromatic rings. The number of rotatable bonds is 3. The fraction of sp³-hybridized carbons (Fsp3) is 1.00. The average molecular weight is 211 g/mol. The Hall–Kier alpha value is -0.0400. The Morgan fingerprint density at radius 2 is 1.87 bits per heavy atom. The normalized spacial score (nSPS) is 34.4. The first-order valence-electron chi connectivity index (χ1n) is 6.51. The lowest BCUT2D eigenvalue weighted by Crippen LogP contribution is -2.25. The van der Waals surface area contributed by atoms with Gasteiger partial charge >= 0.3 is 0 Å². The summed E-state index contributed by atoms with van der Waals surface area (Å²) >= 11 is 0. The highest BCUT2D eigenvalue weighted by molar-refractivity contribution is 4.88. The summed E-state index contributed by atoms with van der Waals surface area (Å²) in [5.74, 6) is 2.79. The molecule has 4 atom stereocenters. The molecule has 1 saturated carbocycles. The third-order valence-corrected chi connectivity index (χ3v) is 4.42. The average Bonchev–Trinajstić information content (AvgIpc) is 2.47. The Morgan fingerprint density at radius 3 is 2.27 bits per heavy atom. The molecule has 0 aromatic heterocycles. The lowest BCUT2D eigenvalue weighted by molar-refractivity contribution is 0.235. The highest BCUT2D eigenvalue weighted by Gasteiger charge is 2.37. The van der Waals surface area contributed by atoms with Crippen LogP contribution in [-0.4, -0.2) is 13.1 Å². The van der Waals surface area contributed by atoms with E-state index in [-0.39, 0.29) is 0 Å². The second-order valence-corrected chi connectivity index (χ2v) is 6.70. The van der Waals surface area contributed by atoms with Gasteiger partial charge in [-0.05, 0) is 56.4 Å². The van der Waals surface area contributed by atoms with Gasteiger partial charge in [0.1, 0.15) is 0 Å². The van der Waals surface area contributed by atoms with Crippen molar-refractivity contribution in [3.05, 3.63) is 0 Å². The predicted molar refractivity (Wildman–Crippen MR) is 68.0 cm³/mol. The van der Waals surface area contributed by atoms with Gasteiger partial charge in [-0.1, -0.05) is 27.7 Å². The second-order valence-electron chi connectivity index (χ2n) is 6.70. The van der Waals surface area contributed by atoms with Gasteiger partial charge in [0.25, 0.3) is 0 Å². The Kier molecular flexibility index (Phi) is 4.22. The Bertz CT molecular complexity index is 192. The summed E-state index contributed by atoms with van der Waals surface area (Å²) in [6.45, 7) is 11.9. The molecule has 0 spiro atoms. The fourth-order valence-corrected chi connectivity index (χ4v) is 2.94. The van der Waals surface area contributed by atoms with Crippen molar-refractivity contribution in [1.82, 2.24) is 5.32 Å². The Morgan fingerprint density at radius 1 is 1.27 bits per heavy atom. The van der Waals surface area contributed by atoms with Crippen LogP contribution in [0.4, 0.5) is 0 Å². The zero-order chi connectivity index (χ0) is 11.6. The van der Waals surface area contributed by atoms with Crippen molar-refractivity contribution in [3.63, 3.8) is 0 Å². The first-order chi connectivity index (χ1) is 6.84. The van der Waals surface area contributed by atoms with Crippen molar-refractivity contribution in [2.24, 2.45) is 23.2 Å². The molecule has 15 heavy (non-hydrogen) atoms. The summed E-state index contributed by atoms with van der Waals surface area (Å²) < 4.78 is 0. The van der Waals surface area contributed by atoms with Crippen LogP contribution in [0.15, 0.2) is 0 Å². The van der Waals surface area contributed by atoms with Crippen molar-refractivity contribution in [1.29, 1.82) is 0 Å². The summed E-state index contributed by atoms with van der Waals surface area (Å²) in [6.07, 6.45) is 4.23. The van der Waals surface area contributed by atoms with Gasteiger partial charge in [0.05, 0.1) is 0 Å². The predicted octanol–water partition coefficient (Wildman–Crippen LogP) is 3.69. The topological polar surface area (TPSA) is 12.0 Å². The molecule has 0 bridgehead atoms. The van der Waals surface area contributed by atoms with E-state index in [4.69, 9.17) is 0 Å². The summed E-state index contributed by atoms with van der Waals surface area (Å²) in [5.41, 5.74) is 0.506. The quantitative estimate of drug-likeness (QED) is 0.750. The SMILES string of the molecule is CNC(C)CC1CC(C(C)(C)C)CC1C. The molecule has 0 saturated heterocycles. The minimum atomic E-state index is 0.506. The third-order valence-electron chi connectivity index (χ3n) is 4.42. The van der Waals surface area contributed by atoms with Crippen LogP contribution in [0.25, 0.3) is 0 Å². The monoisotopic (exact) mass is 211 g/mol. The van der Waals surface area contributed by atoms with Gasteiger partial charge in [0.15, 0.2) is 0 Å². The lowest BCUT2D eigenvalue weighted by atomic mass is 9.79. The smallest absolute Gasteiger partial charge is 0.00384 e. The van der Waals surface area contributed by atoms with Gasteiger partial charge in [-0.25, -0.2) is 0 Å². The molecular formula is C14H29N. The van der Waals surface area contributed by atoms with Crippen LogP contribution in [0.5, 0.6) is 0 Å². The standard InChI is InChI=1S/C14H29N/c1-10-7-13(14(3,4)5)9-12(10)8-11(2)15-6/h10-13,15H,7-9H2,1-6H3. The maximum absolute atomic E-state index is 3.37. The highest BCUT2D eigenvalue weighted by Crippen LogP contribution is 2.46. The van der Waals surface area contributed by atoms with Crippen LogP contribution < -0.4 is 5.32 Å². The van der Waals surface area contributed by atoms with Gasteiger partial charge in [-0.3, -0.25) is 0 Å². The first kappa shape index (κ1) is 13.0. The molecule has 4 unspecified atom stereocenters. The van der Waals surface area contributed by atoms with Crippen LogP contribution in [0.1, 0.15) is 53.9 Å². The molecule has 0 aliphatic heterocycles. The van der Waals surface area contributed by atoms with Crippen LogP contribution in [0.3, 0.4) is 0 Å². The lowest BCUT2D eigenvalue weighted by Gasteiger charge is -2.27. The van der Waals surface area contributed by atoms with Crippen molar-refractivity contribution in [3.8, 4) is 0 Å². The molecule has 1 heteroatoms. The molecule has 1 nitrogen and oxygen atoms in total. The number of hydrogen-bond donors (Lipinski definition) is 1. The van der Waals surface area contributed by atoms with Gasteiger partial charge in [0.2, 0.25) is 0 Å². The van der Waals surface area contributed by atoms with Gasteiger partial charge in [-0.2, -0.15) is 0 Å². The summed E-state index contributed by atoms with van der Waals surface area (Å²) in [7, 11) is 2.07. The van der Waals surface area contributed by atoms with E-state index in [1.807, 2.05) is 0 Å². The van der Waals surface area contributed by atoms with Gasteiger partial charge < -0.3 is 5.32 Å². The maximum atomic E-state index is 3.37. The van der Waals surface area contributed by atoms with Crippen LogP contribution >= 0.6 is 0 Å². The summed E-state index contributed by atoms with van der Waals surface area (Å²) in [4.78, 5) is 0. The molecule has 0 amide bonds. The molecule has 1 rings (SSSR count). The van der Waals surface area contributed by atoms with E-state index in [0.717, 1.165) is 17.8 Å². The Labute approximate surface area is 96.0 Å². The van der Waals surface area contributed by atoms with E-state index in [2.05, 4.69) is 47.0 Å². The van der Waals surface area contributed by atoms with Crippen LogP contribution in [0.2, 0.25) is 0 Å². The van der Waals surface area contributed by atoms with Gasteiger partial charge in [0, 0.05) is 6.04 Å². The zero-order valence-electron chi connectivity index (χ0n) is 11.4. The number of hydrogen-bond acceptors (Lipinski definition) is 1. The molecular weight excluding hydrogens is 182 g/mol. The summed E-state index contributed by atoms with van der Waals surface area (Å²) in [5, 5.41) is 3.37. The largest absolute Gasteiger partial charge is 0.317 e. The van der Waals surface area contributed by atoms with Crippen molar-refractivity contribution in [2.45, 2.75) is 59.9 Å². The Balaban J connectivity index is 2.49. The molecule has 1 aliphatic rings. The molecule has 0 aromatic carbocycles. The third kappa shape index (κ3) is 3.48. The fourth-order valence-electron chi connectivity index (χ4n) is 2.94. The van der Waals surface area contributed by atoms with Crippen LogP contribution in [0, 0.1) is 23.2 Å². The van der Waals surface area contributed by atoms with Crippen molar-refractivity contribution >= 4 is 0 Å². The van der Waals surface area contributed by atoms with E-state index >= 15 is 0 Å². The maximum Gasteiger partial charge on any atom is 0.00384 e. The molecule has 1 fully saturated rings. The highest BCUT2D eigenvalue weighted by atomic mass is 14.9. The van der Waals surface area contributed by atoms with E-state index in [0.29, 0.717) is 11.5 Å². The molecule has 0 heterocycles. The molecule has 1 aliphatic carbocycles. The van der Waals surface area contributed by atoms with E-state index in [9.17, 15) is 0 Å². The van der Waals surface area contributed by atoms with Crippen molar-refractivity contribution in [2.75, 3.05) is 7.05 Å². The minimum absolute atomic E-state index is 0.506. The van der Waals surface area contributed by atoms with E-state index in [1.165, 1.54) is 19.3 Å². The van der Waals surface area contributed by atoms with Crippen LogP contribution in [-0.2, 0) is 0 Å². The zero-order valence-corrected chi connectivity index (χ0v) is 11.4. The number of nitrogens with one attached hydrogen (secondary N) is 1. The summed E-state index contributed by atoms with van der Waals surface area (Å²) in [6, 6.07) is 0.677. The molecule has 0 radical (unpaired) electrons. The van der Waals surface area contributed by atoms with Gasteiger partial charge in [-0.15, -0.1) is 0 Å². The van der Waals surface area contributed by atoms with E-state index in [1.54, 1.807) is 0 Å².